The Bertz CT molecular complexity index is 697. The lowest BCUT2D eigenvalue weighted by Crippen LogP contribution is -2.48. The molecule has 0 radical (unpaired) electrons. The Balaban J connectivity index is 1.25. The van der Waals surface area contributed by atoms with Gasteiger partial charge in [-0.15, -0.1) is 0 Å². The number of para-hydroxylation sites is 1. The second kappa shape index (κ2) is 7.91. The number of ether oxygens (including phenoxy) is 1. The number of amides is 2. The van der Waals surface area contributed by atoms with Crippen molar-refractivity contribution in [2.75, 3.05) is 20.2 Å². The lowest BCUT2D eigenvalue weighted by Gasteiger charge is -2.33. The number of nitrogens with one attached hydrogen (secondary N) is 1. The van der Waals surface area contributed by atoms with Gasteiger partial charge in [-0.2, -0.15) is 0 Å². The van der Waals surface area contributed by atoms with Gasteiger partial charge in [0.05, 0.1) is 13.5 Å². The molecule has 2 amide bonds. The summed E-state index contributed by atoms with van der Waals surface area (Å²) in [6.07, 6.45) is 6.97. The van der Waals surface area contributed by atoms with E-state index in [-0.39, 0.29) is 23.8 Å². The van der Waals surface area contributed by atoms with Crippen molar-refractivity contribution in [2.24, 2.45) is 17.8 Å². The first kappa shape index (κ1) is 18.3. The number of carbonyl (C=O) groups is 2. The van der Waals surface area contributed by atoms with Gasteiger partial charge in [-0.25, -0.2) is 0 Å². The summed E-state index contributed by atoms with van der Waals surface area (Å²) in [5.74, 6) is 2.82. The van der Waals surface area contributed by atoms with Gasteiger partial charge in [0.1, 0.15) is 5.75 Å². The lowest BCUT2D eigenvalue weighted by atomic mass is 9.87. The van der Waals surface area contributed by atoms with E-state index in [2.05, 4.69) is 5.32 Å². The van der Waals surface area contributed by atoms with Crippen LogP contribution in [0.2, 0.25) is 0 Å². The summed E-state index contributed by atoms with van der Waals surface area (Å²) < 4.78 is 5.35. The van der Waals surface area contributed by atoms with Gasteiger partial charge in [0.2, 0.25) is 11.8 Å². The minimum Gasteiger partial charge on any atom is -0.496 e. The number of carbonyl (C=O) groups excluding carboxylic acids is 2. The summed E-state index contributed by atoms with van der Waals surface area (Å²) in [4.78, 5) is 27.2. The molecule has 1 aliphatic heterocycles. The summed E-state index contributed by atoms with van der Waals surface area (Å²) in [7, 11) is 1.63. The molecule has 5 nitrogen and oxygen atoms in total. The molecule has 3 aliphatic rings. The van der Waals surface area contributed by atoms with Crippen molar-refractivity contribution in [3.63, 3.8) is 0 Å². The molecular weight excluding hydrogens is 340 g/mol. The van der Waals surface area contributed by atoms with Crippen LogP contribution in [0.15, 0.2) is 24.3 Å². The number of methoxy groups -OCH3 is 1. The Morgan fingerprint density at radius 3 is 2.56 bits per heavy atom. The molecule has 5 heteroatoms. The van der Waals surface area contributed by atoms with Crippen LogP contribution < -0.4 is 10.1 Å². The van der Waals surface area contributed by atoms with Crippen LogP contribution in [-0.4, -0.2) is 43.0 Å². The first-order valence-electron chi connectivity index (χ1n) is 10.3. The Hall–Kier alpha value is -2.04. The Morgan fingerprint density at radius 1 is 1.11 bits per heavy atom. The highest BCUT2D eigenvalue weighted by Crippen LogP contribution is 2.48. The third kappa shape index (κ3) is 3.97. The second-order valence-electron chi connectivity index (χ2n) is 8.43. The zero-order chi connectivity index (χ0) is 18.8. The largest absolute Gasteiger partial charge is 0.496 e. The van der Waals surface area contributed by atoms with E-state index < -0.39 is 0 Å². The number of fused-ring (bicyclic) bond motifs is 2. The maximum absolute atomic E-state index is 12.6. The molecule has 2 saturated carbocycles. The fourth-order valence-corrected chi connectivity index (χ4v) is 5.27. The van der Waals surface area contributed by atoms with Crippen LogP contribution in [0.5, 0.6) is 5.75 Å². The van der Waals surface area contributed by atoms with E-state index in [1.165, 1.54) is 19.3 Å². The molecule has 3 atom stereocenters. The van der Waals surface area contributed by atoms with E-state index in [4.69, 9.17) is 4.74 Å². The van der Waals surface area contributed by atoms with E-state index in [0.29, 0.717) is 12.3 Å². The highest BCUT2D eigenvalue weighted by atomic mass is 16.5. The second-order valence-corrected chi connectivity index (χ2v) is 8.43. The molecule has 4 rings (SSSR count). The molecule has 2 bridgehead atoms. The molecule has 1 N–H and O–H groups in total. The smallest absolute Gasteiger partial charge is 0.227 e. The van der Waals surface area contributed by atoms with Gasteiger partial charge in [0.25, 0.3) is 0 Å². The van der Waals surface area contributed by atoms with Gasteiger partial charge in [0.15, 0.2) is 0 Å². The molecule has 1 saturated heterocycles. The summed E-state index contributed by atoms with van der Waals surface area (Å²) in [5, 5.41) is 3.28. The predicted molar refractivity (Wildman–Crippen MR) is 103 cm³/mol. The third-order valence-corrected chi connectivity index (χ3v) is 6.80. The minimum absolute atomic E-state index is 0.136. The molecule has 0 unspecified atom stereocenters. The Morgan fingerprint density at radius 2 is 1.89 bits per heavy atom. The first-order valence-corrected chi connectivity index (χ1v) is 10.3. The van der Waals surface area contributed by atoms with Crippen LogP contribution in [0.3, 0.4) is 0 Å². The number of piperidine rings is 1. The van der Waals surface area contributed by atoms with Gasteiger partial charge in [-0.05, 0) is 50.0 Å². The number of likely N-dealkylation sites (tertiary alicyclic amines) is 1. The minimum atomic E-state index is 0.136. The summed E-state index contributed by atoms with van der Waals surface area (Å²) in [5.41, 5.74) is 0.928. The van der Waals surface area contributed by atoms with Crippen LogP contribution in [0.1, 0.15) is 44.1 Å². The third-order valence-electron chi connectivity index (χ3n) is 6.80. The number of benzene rings is 1. The van der Waals surface area contributed by atoms with Gasteiger partial charge in [-0.1, -0.05) is 24.6 Å². The average molecular weight is 370 g/mol. The molecule has 0 aromatic heterocycles. The van der Waals surface area contributed by atoms with E-state index in [1.807, 2.05) is 29.2 Å². The SMILES string of the molecule is COc1ccccc1CC(=O)N1CCC(NC(=O)[C@@H]2C[C@H]3CC[C@H]2C3)CC1. The Labute approximate surface area is 161 Å². The van der Waals surface area contributed by atoms with Gasteiger partial charge in [0, 0.05) is 30.6 Å². The van der Waals surface area contributed by atoms with Crippen molar-refractivity contribution >= 4 is 11.8 Å². The van der Waals surface area contributed by atoms with Gasteiger partial charge >= 0.3 is 0 Å². The maximum Gasteiger partial charge on any atom is 0.227 e. The normalized spacial score (nSPS) is 27.6. The molecule has 1 aromatic carbocycles. The average Bonchev–Trinajstić information content (AvgIpc) is 3.32. The molecule has 1 heterocycles. The molecule has 27 heavy (non-hydrogen) atoms. The molecule has 146 valence electrons. The molecule has 2 aliphatic carbocycles. The van der Waals surface area contributed by atoms with E-state index in [9.17, 15) is 9.59 Å². The van der Waals surface area contributed by atoms with Gasteiger partial charge < -0.3 is 15.0 Å². The van der Waals surface area contributed by atoms with E-state index in [1.54, 1.807) is 7.11 Å². The van der Waals surface area contributed by atoms with Crippen molar-refractivity contribution in [2.45, 2.75) is 51.0 Å². The Kier molecular flexibility index (Phi) is 5.37. The monoisotopic (exact) mass is 370 g/mol. The highest BCUT2D eigenvalue weighted by molar-refractivity contribution is 5.80. The fourth-order valence-electron chi connectivity index (χ4n) is 5.27. The topological polar surface area (TPSA) is 58.6 Å². The zero-order valence-electron chi connectivity index (χ0n) is 16.2. The highest BCUT2D eigenvalue weighted by Gasteiger charge is 2.43. The van der Waals surface area contributed by atoms with Crippen molar-refractivity contribution in [3.8, 4) is 5.75 Å². The summed E-state index contributed by atoms with van der Waals surface area (Å²) >= 11 is 0. The predicted octanol–water partition coefficient (Wildman–Crippen LogP) is 2.78. The van der Waals surface area contributed by atoms with Crippen LogP contribution in [0.4, 0.5) is 0 Å². The first-order chi connectivity index (χ1) is 13.1. The summed E-state index contributed by atoms with van der Waals surface area (Å²) in [6.45, 7) is 1.44. The van der Waals surface area contributed by atoms with E-state index in [0.717, 1.165) is 49.6 Å². The number of nitrogens with zero attached hydrogens (tertiary/aromatic N) is 1. The van der Waals surface area contributed by atoms with Crippen LogP contribution in [-0.2, 0) is 16.0 Å². The molecule has 3 fully saturated rings. The number of rotatable bonds is 5. The fraction of sp³-hybridized carbons (Fsp3) is 0.636. The molecule has 0 spiro atoms. The van der Waals surface area contributed by atoms with Crippen molar-refractivity contribution in [3.05, 3.63) is 29.8 Å². The maximum atomic E-state index is 12.6. The van der Waals surface area contributed by atoms with Crippen molar-refractivity contribution < 1.29 is 14.3 Å². The molecule has 1 aromatic rings. The molecular formula is C22H30N2O3. The zero-order valence-corrected chi connectivity index (χ0v) is 16.2. The number of hydrogen-bond acceptors (Lipinski definition) is 3. The van der Waals surface area contributed by atoms with Crippen LogP contribution in [0.25, 0.3) is 0 Å². The van der Waals surface area contributed by atoms with Crippen LogP contribution >= 0.6 is 0 Å². The standard InChI is InChI=1S/C22H30N2O3/c1-27-20-5-3-2-4-17(20)14-21(25)24-10-8-18(9-11-24)23-22(26)19-13-15-6-7-16(19)12-15/h2-5,15-16,18-19H,6-14H2,1H3,(H,23,26)/t15-,16-,19+/m0/s1. The van der Waals surface area contributed by atoms with Gasteiger partial charge in [-0.3, -0.25) is 9.59 Å². The number of hydrogen-bond donors (Lipinski definition) is 1. The van der Waals surface area contributed by atoms with Crippen molar-refractivity contribution in [1.82, 2.24) is 10.2 Å². The van der Waals surface area contributed by atoms with Crippen molar-refractivity contribution in [1.29, 1.82) is 0 Å². The quantitative estimate of drug-likeness (QED) is 0.867. The van der Waals surface area contributed by atoms with Crippen LogP contribution in [0, 0.1) is 17.8 Å². The summed E-state index contributed by atoms with van der Waals surface area (Å²) in [6, 6.07) is 7.89. The van der Waals surface area contributed by atoms with E-state index >= 15 is 0 Å². The lowest BCUT2D eigenvalue weighted by molar-refractivity contribution is -0.132.